The first-order valence-electron chi connectivity index (χ1n) is 6.44. The molecule has 0 spiro atoms. The molecule has 1 saturated heterocycles. The average molecular weight is 312 g/mol. The number of aromatic nitrogens is 3. The molecule has 20 heavy (non-hydrogen) atoms. The van der Waals surface area contributed by atoms with Crippen molar-refractivity contribution in [3.8, 4) is 0 Å². The van der Waals surface area contributed by atoms with Gasteiger partial charge in [0.2, 0.25) is 0 Å². The molecular formula is C12H16N4O2S2. The highest BCUT2D eigenvalue weighted by molar-refractivity contribution is 7.91. The van der Waals surface area contributed by atoms with Gasteiger partial charge in [-0.15, -0.1) is 21.5 Å². The molecular weight excluding hydrogens is 296 g/mol. The topological polar surface area (TPSA) is 68.1 Å². The molecule has 0 N–H and O–H groups in total. The van der Waals surface area contributed by atoms with Crippen LogP contribution in [0.1, 0.15) is 12.2 Å². The van der Waals surface area contributed by atoms with Gasteiger partial charge in [-0.05, 0) is 23.8 Å². The zero-order chi connectivity index (χ0) is 14.2. The minimum Gasteiger partial charge on any atom is -0.321 e. The largest absolute Gasteiger partial charge is 0.321 e. The number of hydrogen-bond donors (Lipinski definition) is 0. The quantitative estimate of drug-likeness (QED) is 0.849. The molecule has 8 heteroatoms. The minimum atomic E-state index is -3.31. The first-order chi connectivity index (χ1) is 9.57. The first-order valence-corrected chi connectivity index (χ1v) is 8.76. The Balaban J connectivity index is 1.70. The molecule has 3 heterocycles. The molecule has 1 atom stereocenters. The van der Waals surface area contributed by atoms with E-state index < -0.39 is 10.0 Å². The normalized spacial score (nSPS) is 20.6. The zero-order valence-corrected chi connectivity index (χ0v) is 12.8. The second-order valence-electron chi connectivity index (χ2n) is 5.01. The van der Waals surface area contributed by atoms with Crippen molar-refractivity contribution in [1.29, 1.82) is 0 Å². The maximum Gasteiger partial charge on any atom is 0.252 e. The van der Waals surface area contributed by atoms with Gasteiger partial charge in [0.1, 0.15) is 16.4 Å². The van der Waals surface area contributed by atoms with Crippen LogP contribution >= 0.6 is 11.3 Å². The van der Waals surface area contributed by atoms with Gasteiger partial charge < -0.3 is 4.57 Å². The molecule has 0 saturated carbocycles. The monoisotopic (exact) mass is 312 g/mol. The number of aryl methyl sites for hydroxylation is 1. The van der Waals surface area contributed by atoms with Gasteiger partial charge in [0.25, 0.3) is 10.0 Å². The van der Waals surface area contributed by atoms with Gasteiger partial charge >= 0.3 is 0 Å². The fourth-order valence-electron chi connectivity index (χ4n) is 2.47. The van der Waals surface area contributed by atoms with Crippen LogP contribution in [-0.4, -0.2) is 40.6 Å². The molecule has 1 aliphatic rings. The van der Waals surface area contributed by atoms with Gasteiger partial charge in [-0.25, -0.2) is 8.42 Å². The third-order valence-electron chi connectivity index (χ3n) is 3.61. The summed E-state index contributed by atoms with van der Waals surface area (Å²) in [5.74, 6) is 1.22. The van der Waals surface area contributed by atoms with E-state index in [4.69, 9.17) is 0 Å². The van der Waals surface area contributed by atoms with Crippen LogP contribution in [0.2, 0.25) is 0 Å². The standard InChI is InChI=1S/C12H16N4O2S2/c1-15-9-13-14-11(15)7-10-4-5-16(8-10)20(17,18)12-3-2-6-19-12/h2-3,6,9-10H,4-5,7-8H2,1H3. The van der Waals surface area contributed by atoms with Gasteiger partial charge in [-0.1, -0.05) is 6.07 Å². The van der Waals surface area contributed by atoms with Gasteiger partial charge in [0, 0.05) is 26.6 Å². The zero-order valence-electron chi connectivity index (χ0n) is 11.1. The molecule has 0 aliphatic carbocycles. The van der Waals surface area contributed by atoms with Crippen LogP contribution in [0, 0.1) is 5.92 Å². The van der Waals surface area contributed by atoms with Crippen molar-refractivity contribution in [2.75, 3.05) is 13.1 Å². The van der Waals surface area contributed by atoms with Crippen molar-refractivity contribution in [2.45, 2.75) is 17.1 Å². The third kappa shape index (κ3) is 2.50. The van der Waals surface area contributed by atoms with E-state index in [2.05, 4.69) is 10.2 Å². The smallest absolute Gasteiger partial charge is 0.252 e. The van der Waals surface area contributed by atoms with Crippen molar-refractivity contribution in [1.82, 2.24) is 19.1 Å². The predicted octanol–water partition coefficient (Wildman–Crippen LogP) is 1.13. The molecule has 1 aliphatic heterocycles. The van der Waals surface area contributed by atoms with Crippen LogP contribution in [0.25, 0.3) is 0 Å². The van der Waals surface area contributed by atoms with E-state index in [1.807, 2.05) is 11.6 Å². The van der Waals surface area contributed by atoms with Crippen LogP contribution < -0.4 is 0 Å². The van der Waals surface area contributed by atoms with Crippen molar-refractivity contribution in [3.05, 3.63) is 29.7 Å². The fraction of sp³-hybridized carbons (Fsp3) is 0.500. The second kappa shape index (κ2) is 5.27. The molecule has 1 unspecified atom stereocenters. The molecule has 2 aromatic rings. The Hall–Kier alpha value is -1.25. The van der Waals surface area contributed by atoms with E-state index in [1.54, 1.807) is 28.1 Å². The van der Waals surface area contributed by atoms with Crippen LogP contribution in [0.5, 0.6) is 0 Å². The number of sulfonamides is 1. The molecule has 3 rings (SSSR count). The summed E-state index contributed by atoms with van der Waals surface area (Å²) in [6.45, 7) is 1.15. The van der Waals surface area contributed by atoms with Crippen LogP contribution in [0.4, 0.5) is 0 Å². The van der Waals surface area contributed by atoms with E-state index in [0.717, 1.165) is 18.7 Å². The Kier molecular flexibility index (Phi) is 3.61. The lowest BCUT2D eigenvalue weighted by Crippen LogP contribution is -2.28. The molecule has 6 nitrogen and oxygen atoms in total. The first kappa shape index (κ1) is 13.7. The summed E-state index contributed by atoms with van der Waals surface area (Å²) >= 11 is 1.27. The lowest BCUT2D eigenvalue weighted by Gasteiger charge is -2.15. The van der Waals surface area contributed by atoms with Crippen LogP contribution in [0.3, 0.4) is 0 Å². The summed E-state index contributed by atoms with van der Waals surface area (Å²) in [6, 6.07) is 3.43. The average Bonchev–Trinajstić information content (AvgIpc) is 3.13. The molecule has 0 aromatic carbocycles. The van der Waals surface area contributed by atoms with E-state index in [9.17, 15) is 8.42 Å². The molecule has 2 aromatic heterocycles. The Morgan fingerprint density at radius 2 is 2.35 bits per heavy atom. The minimum absolute atomic E-state index is 0.313. The summed E-state index contributed by atoms with van der Waals surface area (Å²) in [6.07, 6.45) is 3.31. The van der Waals surface area contributed by atoms with Crippen molar-refractivity contribution >= 4 is 21.4 Å². The van der Waals surface area contributed by atoms with Gasteiger partial charge in [0.05, 0.1) is 0 Å². The van der Waals surface area contributed by atoms with E-state index in [1.165, 1.54) is 11.3 Å². The number of nitrogens with zero attached hydrogens (tertiary/aromatic N) is 4. The van der Waals surface area contributed by atoms with E-state index in [-0.39, 0.29) is 0 Å². The second-order valence-corrected chi connectivity index (χ2v) is 8.12. The maximum atomic E-state index is 12.4. The van der Waals surface area contributed by atoms with Crippen molar-refractivity contribution in [3.63, 3.8) is 0 Å². The number of rotatable bonds is 4. The summed E-state index contributed by atoms with van der Waals surface area (Å²) in [5.41, 5.74) is 0. The highest BCUT2D eigenvalue weighted by Gasteiger charge is 2.33. The van der Waals surface area contributed by atoms with Gasteiger partial charge in [-0.3, -0.25) is 0 Å². The number of hydrogen-bond acceptors (Lipinski definition) is 5. The third-order valence-corrected chi connectivity index (χ3v) is 6.85. The van der Waals surface area contributed by atoms with E-state index in [0.29, 0.717) is 23.2 Å². The Bertz CT molecular complexity index is 678. The van der Waals surface area contributed by atoms with Crippen LogP contribution in [-0.2, 0) is 23.5 Å². The summed E-state index contributed by atoms with van der Waals surface area (Å²) in [4.78, 5) is 0. The maximum absolute atomic E-state index is 12.4. The Morgan fingerprint density at radius 3 is 3.00 bits per heavy atom. The number of thiophene rings is 1. The van der Waals surface area contributed by atoms with E-state index >= 15 is 0 Å². The molecule has 1 fully saturated rings. The van der Waals surface area contributed by atoms with Crippen molar-refractivity contribution in [2.24, 2.45) is 13.0 Å². The molecule has 0 radical (unpaired) electrons. The Morgan fingerprint density at radius 1 is 1.50 bits per heavy atom. The molecule has 0 amide bonds. The van der Waals surface area contributed by atoms with Crippen molar-refractivity contribution < 1.29 is 8.42 Å². The lowest BCUT2D eigenvalue weighted by molar-refractivity contribution is 0.453. The van der Waals surface area contributed by atoms with Gasteiger partial charge in [0.15, 0.2) is 0 Å². The highest BCUT2D eigenvalue weighted by atomic mass is 32.2. The molecule has 0 bridgehead atoms. The Labute approximate surface area is 122 Å². The lowest BCUT2D eigenvalue weighted by atomic mass is 10.1. The van der Waals surface area contributed by atoms with Crippen LogP contribution in [0.15, 0.2) is 28.0 Å². The highest BCUT2D eigenvalue weighted by Crippen LogP contribution is 2.28. The summed E-state index contributed by atoms with van der Waals surface area (Å²) in [5, 5.41) is 9.71. The predicted molar refractivity (Wildman–Crippen MR) is 75.9 cm³/mol. The summed E-state index contributed by atoms with van der Waals surface area (Å²) < 4.78 is 28.7. The van der Waals surface area contributed by atoms with Gasteiger partial charge in [-0.2, -0.15) is 4.31 Å². The summed E-state index contributed by atoms with van der Waals surface area (Å²) in [7, 11) is -1.40. The molecule has 108 valence electrons. The fourth-order valence-corrected chi connectivity index (χ4v) is 5.15. The SMILES string of the molecule is Cn1cnnc1CC1CCN(S(=O)(=O)c2cccs2)C1.